The summed E-state index contributed by atoms with van der Waals surface area (Å²) >= 11 is 0. The highest BCUT2D eigenvalue weighted by molar-refractivity contribution is 5.54. The third-order valence-electron chi connectivity index (χ3n) is 3.35. The van der Waals surface area contributed by atoms with Crippen molar-refractivity contribution in [3.05, 3.63) is 47.8 Å². The molecule has 1 aliphatic rings. The van der Waals surface area contributed by atoms with Gasteiger partial charge < -0.3 is 0 Å². The van der Waals surface area contributed by atoms with Gasteiger partial charge in [-0.05, 0) is 31.2 Å². The van der Waals surface area contributed by atoms with E-state index in [9.17, 15) is 0 Å². The van der Waals surface area contributed by atoms with Gasteiger partial charge in [-0.15, -0.1) is 0 Å². The Labute approximate surface area is 102 Å². The van der Waals surface area contributed by atoms with Crippen LogP contribution in [0.1, 0.15) is 30.5 Å². The highest BCUT2D eigenvalue weighted by Gasteiger charge is 2.11. The molecule has 1 aliphatic carbocycles. The summed E-state index contributed by atoms with van der Waals surface area (Å²) in [5, 5.41) is 0. The quantitative estimate of drug-likeness (QED) is 0.694. The molecule has 17 heavy (non-hydrogen) atoms. The second kappa shape index (κ2) is 4.66. The van der Waals surface area contributed by atoms with Gasteiger partial charge in [0.25, 0.3) is 0 Å². The van der Waals surface area contributed by atoms with Gasteiger partial charge in [0.2, 0.25) is 0 Å². The molecule has 1 aromatic heterocycles. The van der Waals surface area contributed by atoms with Gasteiger partial charge in [0.1, 0.15) is 0 Å². The Balaban J connectivity index is 2.00. The van der Waals surface area contributed by atoms with E-state index in [1.807, 2.05) is 24.4 Å². The van der Waals surface area contributed by atoms with Gasteiger partial charge >= 0.3 is 0 Å². The molecule has 2 nitrogen and oxygen atoms in total. The lowest BCUT2D eigenvalue weighted by Crippen LogP contribution is -1.99. The normalized spacial score (nSPS) is 15.1. The van der Waals surface area contributed by atoms with E-state index < -0.39 is 0 Å². The number of benzene rings is 1. The molecule has 0 aliphatic heterocycles. The predicted octanol–water partition coefficient (Wildman–Crippen LogP) is 3.41. The molecular formula is C15H16N2. The summed E-state index contributed by atoms with van der Waals surface area (Å²) in [6.07, 6.45) is 8.13. The van der Waals surface area contributed by atoms with Gasteiger partial charge in [-0.1, -0.05) is 36.8 Å². The summed E-state index contributed by atoms with van der Waals surface area (Å²) in [5.41, 5.74) is 3.72. The fourth-order valence-corrected chi connectivity index (χ4v) is 2.38. The minimum absolute atomic E-state index is 0.867. The number of aromatic nitrogens is 2. The second-order valence-electron chi connectivity index (χ2n) is 4.59. The van der Waals surface area contributed by atoms with Crippen LogP contribution in [0.2, 0.25) is 0 Å². The molecular weight excluding hydrogens is 208 g/mol. The Hall–Kier alpha value is -1.70. The molecule has 0 atom stereocenters. The Kier molecular flexibility index (Phi) is 2.87. The zero-order valence-electron chi connectivity index (χ0n) is 9.89. The van der Waals surface area contributed by atoms with Crippen LogP contribution in [0.25, 0.3) is 11.4 Å². The average molecular weight is 224 g/mol. The lowest BCUT2D eigenvalue weighted by molar-refractivity contribution is 0.709. The zero-order chi connectivity index (χ0) is 11.5. The minimum Gasteiger partial charge on any atom is -0.236 e. The molecule has 0 fully saturated rings. The van der Waals surface area contributed by atoms with Crippen molar-refractivity contribution >= 4 is 0 Å². The predicted molar refractivity (Wildman–Crippen MR) is 68.7 cm³/mol. The molecule has 86 valence electrons. The molecule has 2 aromatic rings. The summed E-state index contributed by atoms with van der Waals surface area (Å²) in [4.78, 5) is 9.23. The topological polar surface area (TPSA) is 25.8 Å². The summed E-state index contributed by atoms with van der Waals surface area (Å²) in [6.45, 7) is 0. The lowest BCUT2D eigenvalue weighted by Gasteiger charge is -2.06. The summed E-state index contributed by atoms with van der Waals surface area (Å²) in [7, 11) is 0. The van der Waals surface area contributed by atoms with Gasteiger partial charge in [-0.2, -0.15) is 0 Å². The molecule has 2 heteroatoms. The maximum atomic E-state index is 4.73. The summed E-state index contributed by atoms with van der Waals surface area (Å²) in [5.74, 6) is 0.867. The standard InChI is InChI=1S/C15H16N2/c1-3-7-12(8-4-1)15-16-11-13-9-5-2-6-10-14(13)17-15/h1,3-4,7-8,11H,2,5-6,9-10H2. The van der Waals surface area contributed by atoms with Crippen LogP contribution < -0.4 is 0 Å². The van der Waals surface area contributed by atoms with E-state index in [0.717, 1.165) is 24.2 Å². The van der Waals surface area contributed by atoms with Crippen LogP contribution >= 0.6 is 0 Å². The first-order valence-corrected chi connectivity index (χ1v) is 6.34. The van der Waals surface area contributed by atoms with E-state index in [0.29, 0.717) is 0 Å². The first-order chi connectivity index (χ1) is 8.43. The van der Waals surface area contributed by atoms with Crippen LogP contribution in [0.15, 0.2) is 36.5 Å². The van der Waals surface area contributed by atoms with Crippen LogP contribution in [-0.4, -0.2) is 9.97 Å². The first-order valence-electron chi connectivity index (χ1n) is 6.34. The Morgan fingerprint density at radius 3 is 2.59 bits per heavy atom. The van der Waals surface area contributed by atoms with Crippen LogP contribution in [0.5, 0.6) is 0 Å². The number of hydrogen-bond donors (Lipinski definition) is 0. The highest BCUT2D eigenvalue weighted by Crippen LogP contribution is 2.21. The third-order valence-corrected chi connectivity index (χ3v) is 3.35. The molecule has 0 spiro atoms. The van der Waals surface area contributed by atoms with Crippen molar-refractivity contribution in [2.75, 3.05) is 0 Å². The molecule has 0 saturated carbocycles. The summed E-state index contributed by atoms with van der Waals surface area (Å²) in [6, 6.07) is 10.2. The minimum atomic E-state index is 0.867. The van der Waals surface area contributed by atoms with Crippen molar-refractivity contribution in [2.24, 2.45) is 0 Å². The molecule has 0 radical (unpaired) electrons. The third kappa shape index (κ3) is 2.21. The van der Waals surface area contributed by atoms with Crippen molar-refractivity contribution in [1.82, 2.24) is 9.97 Å². The van der Waals surface area contributed by atoms with Crippen molar-refractivity contribution in [3.63, 3.8) is 0 Å². The van der Waals surface area contributed by atoms with Crippen molar-refractivity contribution < 1.29 is 0 Å². The number of rotatable bonds is 1. The number of aryl methyl sites for hydroxylation is 2. The Bertz CT molecular complexity index is 506. The molecule has 0 amide bonds. The van der Waals surface area contributed by atoms with Crippen LogP contribution in [0.4, 0.5) is 0 Å². The molecule has 3 rings (SSSR count). The maximum Gasteiger partial charge on any atom is 0.159 e. The molecule has 0 unspecified atom stereocenters. The van der Waals surface area contributed by atoms with E-state index in [4.69, 9.17) is 4.98 Å². The smallest absolute Gasteiger partial charge is 0.159 e. The number of nitrogens with zero attached hydrogens (tertiary/aromatic N) is 2. The summed E-state index contributed by atoms with van der Waals surface area (Å²) < 4.78 is 0. The SMILES string of the molecule is c1ccc(-c2ncc3c(n2)CCCCC3)cc1. The lowest BCUT2D eigenvalue weighted by atomic mass is 10.1. The van der Waals surface area contributed by atoms with Crippen molar-refractivity contribution in [1.29, 1.82) is 0 Å². The molecule has 0 saturated heterocycles. The van der Waals surface area contributed by atoms with Crippen LogP contribution in [0.3, 0.4) is 0 Å². The fraction of sp³-hybridized carbons (Fsp3) is 0.333. The van der Waals surface area contributed by atoms with E-state index >= 15 is 0 Å². The maximum absolute atomic E-state index is 4.73. The van der Waals surface area contributed by atoms with Gasteiger partial charge in [0.05, 0.1) is 0 Å². The molecule has 1 heterocycles. The zero-order valence-corrected chi connectivity index (χ0v) is 9.89. The van der Waals surface area contributed by atoms with Gasteiger partial charge in [-0.3, -0.25) is 0 Å². The molecule has 0 bridgehead atoms. The Morgan fingerprint density at radius 1 is 0.882 bits per heavy atom. The molecule has 1 aromatic carbocycles. The van der Waals surface area contributed by atoms with Gasteiger partial charge in [-0.25, -0.2) is 9.97 Å². The largest absolute Gasteiger partial charge is 0.236 e. The van der Waals surface area contributed by atoms with E-state index in [1.54, 1.807) is 0 Å². The number of fused-ring (bicyclic) bond motifs is 1. The average Bonchev–Trinajstić information content (AvgIpc) is 2.64. The van der Waals surface area contributed by atoms with Crippen LogP contribution in [-0.2, 0) is 12.8 Å². The first kappa shape index (κ1) is 10.5. The molecule has 0 N–H and O–H groups in total. The van der Waals surface area contributed by atoms with Crippen molar-refractivity contribution in [3.8, 4) is 11.4 Å². The van der Waals surface area contributed by atoms with E-state index in [2.05, 4.69) is 17.1 Å². The van der Waals surface area contributed by atoms with Gasteiger partial charge in [0, 0.05) is 17.5 Å². The van der Waals surface area contributed by atoms with E-state index in [1.165, 1.54) is 30.5 Å². The monoisotopic (exact) mass is 224 g/mol. The van der Waals surface area contributed by atoms with Crippen molar-refractivity contribution in [2.45, 2.75) is 32.1 Å². The van der Waals surface area contributed by atoms with E-state index in [-0.39, 0.29) is 0 Å². The fourth-order valence-electron chi connectivity index (χ4n) is 2.38. The van der Waals surface area contributed by atoms with Crippen LogP contribution in [0, 0.1) is 0 Å². The van der Waals surface area contributed by atoms with Gasteiger partial charge in [0.15, 0.2) is 5.82 Å². The number of hydrogen-bond acceptors (Lipinski definition) is 2. The Morgan fingerprint density at radius 2 is 1.71 bits per heavy atom. The highest BCUT2D eigenvalue weighted by atomic mass is 14.9. The second-order valence-corrected chi connectivity index (χ2v) is 4.59.